The van der Waals surface area contributed by atoms with Crippen LogP contribution in [0.3, 0.4) is 0 Å². The number of nitrogens with zero attached hydrogens (tertiary/aromatic N) is 3. The number of benzene rings is 1. The lowest BCUT2D eigenvalue weighted by Crippen LogP contribution is -2.46. The number of hydrogen-bond acceptors (Lipinski definition) is 7. The van der Waals surface area contributed by atoms with Crippen molar-refractivity contribution in [3.8, 4) is 11.5 Å². The van der Waals surface area contributed by atoms with Gasteiger partial charge in [0, 0.05) is 38.1 Å². The van der Waals surface area contributed by atoms with E-state index in [1.54, 1.807) is 54.1 Å². The molecule has 3 fully saturated rings. The predicted octanol–water partition coefficient (Wildman–Crippen LogP) is 5.50. The van der Waals surface area contributed by atoms with Gasteiger partial charge in [-0.2, -0.15) is 4.31 Å². The molecule has 12 heteroatoms. The highest BCUT2D eigenvalue weighted by Gasteiger charge is 2.41. The van der Waals surface area contributed by atoms with Crippen LogP contribution in [0.4, 0.5) is 0 Å². The van der Waals surface area contributed by atoms with Crippen molar-refractivity contribution in [3.63, 3.8) is 0 Å². The van der Waals surface area contributed by atoms with Crippen LogP contribution in [0, 0.1) is 19.3 Å². The normalized spacial score (nSPS) is 21.9. The van der Waals surface area contributed by atoms with Gasteiger partial charge in [-0.15, -0.1) is 12.4 Å². The van der Waals surface area contributed by atoms with Gasteiger partial charge in [-0.3, -0.25) is 4.98 Å². The monoisotopic (exact) mass is 655 g/mol. The first kappa shape index (κ1) is 34.0. The van der Waals surface area contributed by atoms with Gasteiger partial charge in [-0.05, 0) is 119 Å². The fourth-order valence-electron chi connectivity index (χ4n) is 7.27. The molecule has 0 bridgehead atoms. The zero-order chi connectivity index (χ0) is 30.0. The molecule has 240 valence electrons. The van der Waals surface area contributed by atoms with E-state index in [-0.39, 0.29) is 35.7 Å². The Bertz CT molecular complexity index is 1410. The largest absolute Gasteiger partial charge is 0.497 e. The number of aromatic nitrogens is 1. The predicted molar refractivity (Wildman–Crippen MR) is 170 cm³/mol. The first-order chi connectivity index (χ1) is 20.0. The summed E-state index contributed by atoms with van der Waals surface area (Å²) in [5.41, 5.74) is 1.54. The number of piperidine rings is 1. The van der Waals surface area contributed by atoms with E-state index in [4.69, 9.17) is 9.47 Å². The van der Waals surface area contributed by atoms with Gasteiger partial charge in [0.05, 0.1) is 23.9 Å². The molecule has 3 heterocycles. The molecule has 1 atom stereocenters. The molecule has 1 aromatic carbocycles. The molecule has 0 amide bonds. The Labute approximate surface area is 263 Å². The Morgan fingerprint density at radius 1 is 0.907 bits per heavy atom. The molecular formula is C31H46ClN3O6S2. The Balaban J connectivity index is 0.00000423. The zero-order valence-corrected chi connectivity index (χ0v) is 28.0. The number of halogens is 1. The molecule has 1 aliphatic carbocycles. The van der Waals surface area contributed by atoms with Crippen molar-refractivity contribution in [2.75, 3.05) is 32.5 Å². The first-order valence-corrected chi connectivity index (χ1v) is 18.3. The Kier molecular flexibility index (Phi) is 11.1. The summed E-state index contributed by atoms with van der Waals surface area (Å²) in [4.78, 5) is 4.38. The van der Waals surface area contributed by atoms with Crippen LogP contribution in [-0.2, 0) is 20.0 Å². The van der Waals surface area contributed by atoms with Crippen molar-refractivity contribution in [2.45, 2.75) is 95.1 Å². The van der Waals surface area contributed by atoms with Crippen LogP contribution < -0.4 is 9.47 Å². The lowest BCUT2D eigenvalue weighted by Gasteiger charge is -2.45. The number of rotatable bonds is 10. The maximum Gasteiger partial charge on any atom is 0.243 e. The van der Waals surface area contributed by atoms with E-state index in [1.807, 2.05) is 12.1 Å². The summed E-state index contributed by atoms with van der Waals surface area (Å²) < 4.78 is 68.7. The summed E-state index contributed by atoms with van der Waals surface area (Å²) in [6, 6.07) is 7.10. The molecule has 5 rings (SSSR count). The summed E-state index contributed by atoms with van der Waals surface area (Å²) >= 11 is 0. The third-order valence-corrected chi connectivity index (χ3v) is 13.8. The van der Waals surface area contributed by atoms with Crippen LogP contribution in [0.5, 0.6) is 11.5 Å². The molecule has 9 nitrogen and oxygen atoms in total. The first-order valence-electron chi connectivity index (χ1n) is 15.2. The fourth-order valence-corrected chi connectivity index (χ4v) is 10.9. The molecule has 0 N–H and O–H groups in total. The summed E-state index contributed by atoms with van der Waals surface area (Å²) in [6.07, 6.45) is 12.1. The minimum atomic E-state index is -3.69. The summed E-state index contributed by atoms with van der Waals surface area (Å²) in [6.45, 7) is 5.19. The van der Waals surface area contributed by atoms with Gasteiger partial charge < -0.3 is 9.47 Å². The zero-order valence-electron chi connectivity index (χ0n) is 25.5. The van der Waals surface area contributed by atoms with E-state index in [0.717, 1.165) is 57.1 Å². The van der Waals surface area contributed by atoms with Crippen molar-refractivity contribution in [3.05, 3.63) is 47.8 Å². The Morgan fingerprint density at radius 3 is 2.14 bits per heavy atom. The highest BCUT2D eigenvalue weighted by atomic mass is 35.5. The lowest BCUT2D eigenvalue weighted by atomic mass is 9.68. The molecule has 2 aromatic rings. The SMILES string of the molecule is COc1cc(C)c(S(=O)(=O)N2CCCC2CCCS(=O)(=O)N2CCC3(CCC(Oc4ccncc4)CC3)CC2)c(C)c1.Cl. The molecule has 2 aliphatic heterocycles. The van der Waals surface area contributed by atoms with Crippen LogP contribution in [0.25, 0.3) is 0 Å². The van der Waals surface area contributed by atoms with Crippen LogP contribution >= 0.6 is 12.4 Å². The van der Waals surface area contributed by atoms with Crippen molar-refractivity contribution < 1.29 is 26.3 Å². The van der Waals surface area contributed by atoms with Gasteiger partial charge in [0.2, 0.25) is 20.0 Å². The summed E-state index contributed by atoms with van der Waals surface area (Å²) in [5, 5.41) is 0. The van der Waals surface area contributed by atoms with Crippen LogP contribution in [0.2, 0.25) is 0 Å². The molecule has 0 radical (unpaired) electrons. The van der Waals surface area contributed by atoms with Crippen LogP contribution in [0.15, 0.2) is 41.6 Å². The maximum atomic E-state index is 13.7. The fraction of sp³-hybridized carbons (Fsp3) is 0.645. The van der Waals surface area contributed by atoms with Gasteiger partial charge in [-0.1, -0.05) is 0 Å². The Hall–Kier alpha value is -1.92. The third kappa shape index (κ3) is 7.66. The van der Waals surface area contributed by atoms with Gasteiger partial charge in [0.15, 0.2) is 0 Å². The molecule has 1 spiro atoms. The smallest absolute Gasteiger partial charge is 0.243 e. The molecular weight excluding hydrogens is 610 g/mol. The van der Waals surface area contributed by atoms with Gasteiger partial charge in [-0.25, -0.2) is 21.1 Å². The number of sulfonamides is 2. The molecule has 2 saturated heterocycles. The molecule has 1 aromatic heterocycles. The third-order valence-electron chi connectivity index (χ3n) is 9.62. The van der Waals surface area contributed by atoms with E-state index < -0.39 is 20.0 Å². The average molecular weight is 656 g/mol. The highest BCUT2D eigenvalue weighted by molar-refractivity contribution is 7.89. The second-order valence-corrected chi connectivity index (χ2v) is 16.3. The van der Waals surface area contributed by atoms with Gasteiger partial charge in [0.25, 0.3) is 0 Å². The Morgan fingerprint density at radius 2 is 1.53 bits per heavy atom. The summed E-state index contributed by atoms with van der Waals surface area (Å²) in [5.74, 6) is 1.56. The second-order valence-electron chi connectivity index (χ2n) is 12.4. The number of hydrogen-bond donors (Lipinski definition) is 0. The minimum absolute atomic E-state index is 0. The van der Waals surface area contributed by atoms with Crippen molar-refractivity contribution in [2.24, 2.45) is 5.41 Å². The average Bonchev–Trinajstić information content (AvgIpc) is 3.44. The highest BCUT2D eigenvalue weighted by Crippen LogP contribution is 2.46. The van der Waals surface area contributed by atoms with Crippen LogP contribution in [0.1, 0.15) is 75.3 Å². The van der Waals surface area contributed by atoms with E-state index >= 15 is 0 Å². The molecule has 1 saturated carbocycles. The standard InChI is InChI=1S/C31H45N3O6S2.ClH/c1-24-22-29(39-3)23-25(2)30(24)42(37,38)34-18-4-6-26(34)7-5-21-41(35,36)33-19-14-31(15-20-33)12-8-27(9-13-31)40-28-10-16-32-17-11-28;/h10-11,16-17,22-23,26-27H,4-9,12-15,18-21H2,1-3H3;1H. The molecule has 3 aliphatic rings. The number of ether oxygens (including phenoxy) is 2. The second kappa shape index (κ2) is 14.0. The van der Waals surface area contributed by atoms with Crippen molar-refractivity contribution in [1.82, 2.24) is 13.6 Å². The maximum absolute atomic E-state index is 13.7. The quantitative estimate of drug-likeness (QED) is 0.333. The molecule has 43 heavy (non-hydrogen) atoms. The number of aryl methyl sites for hydroxylation is 2. The van der Waals surface area contributed by atoms with Gasteiger partial charge in [0.1, 0.15) is 11.5 Å². The summed E-state index contributed by atoms with van der Waals surface area (Å²) in [7, 11) is -5.51. The topological polar surface area (TPSA) is 106 Å². The van der Waals surface area contributed by atoms with E-state index in [9.17, 15) is 16.8 Å². The van der Waals surface area contributed by atoms with E-state index in [2.05, 4.69) is 4.98 Å². The van der Waals surface area contributed by atoms with E-state index in [1.165, 1.54) is 0 Å². The van der Waals surface area contributed by atoms with Crippen LogP contribution in [-0.4, -0.2) is 75.1 Å². The lowest BCUT2D eigenvalue weighted by molar-refractivity contribution is 0.0433. The van der Waals surface area contributed by atoms with E-state index in [0.29, 0.717) is 54.2 Å². The van der Waals surface area contributed by atoms with Crippen molar-refractivity contribution >= 4 is 32.5 Å². The van der Waals surface area contributed by atoms with Crippen molar-refractivity contribution in [1.29, 1.82) is 0 Å². The minimum Gasteiger partial charge on any atom is -0.497 e. The van der Waals surface area contributed by atoms with Gasteiger partial charge >= 0.3 is 0 Å². The number of methoxy groups -OCH3 is 1. The molecule has 1 unspecified atom stereocenters. The number of pyridine rings is 1.